The van der Waals surface area contributed by atoms with Crippen molar-refractivity contribution in [1.29, 1.82) is 5.26 Å². The molecule has 0 saturated carbocycles. The zero-order valence-electron chi connectivity index (χ0n) is 31.4. The summed E-state index contributed by atoms with van der Waals surface area (Å²) in [7, 11) is -2.16. The number of carboxylic acid groups (broad SMARTS) is 1. The lowest BCUT2D eigenvalue weighted by molar-refractivity contribution is -0.132. The van der Waals surface area contributed by atoms with Crippen LogP contribution in [0, 0.1) is 23.2 Å². The molecule has 0 saturated heterocycles. The van der Waals surface area contributed by atoms with E-state index in [2.05, 4.69) is 103 Å². The molecule has 2 aromatic carbocycles. The summed E-state index contributed by atoms with van der Waals surface area (Å²) in [5, 5.41) is 25.9. The number of aliphatic carboxylic acids is 1. The monoisotopic (exact) mass is 784 g/mol. The van der Waals surface area contributed by atoms with Crippen molar-refractivity contribution in [3.63, 3.8) is 0 Å². The Bertz CT molecular complexity index is 2340. The molecule has 4 aromatic heterocycles. The number of rotatable bonds is 17. The van der Waals surface area contributed by atoms with Gasteiger partial charge in [0.1, 0.15) is 24.7 Å². The fourth-order valence-corrected chi connectivity index (χ4v) is 18.4. The standard InChI is InChI=1S/C46H48N2O2S3Si/c1-3-5-7-9-11-17-27-54(28-18-12-10-8-6-4-2)41-30-35(52-44(41)45-42(54)31-36(53-45)29-33(32-47)46(49)50)24-23-34-25-26-43(51-34)48-39-21-15-13-19-37(39)38-20-14-16-22-40(38)48/h13-16,19-22,25-26,29-31H,3-12,17-18,27-28H2,1-2H3,(H,49,50)/b33-29-. The minimum absolute atomic E-state index is 0.205. The van der Waals surface area contributed by atoms with Gasteiger partial charge in [-0.3, -0.25) is 0 Å². The van der Waals surface area contributed by atoms with Crippen LogP contribution in [0.15, 0.2) is 78.4 Å². The molecule has 0 bridgehead atoms. The Morgan fingerprint density at radius 1 is 0.704 bits per heavy atom. The number of fused-ring (bicyclic) bond motifs is 6. The summed E-state index contributed by atoms with van der Waals surface area (Å²) in [6, 6.07) is 30.6. The number of nitrogens with zero attached hydrogens (tertiary/aromatic N) is 2. The van der Waals surface area contributed by atoms with Gasteiger partial charge in [0.15, 0.2) is 0 Å². The lowest BCUT2D eigenvalue weighted by Crippen LogP contribution is -2.54. The quantitative estimate of drug-likeness (QED) is 0.0329. The maximum absolute atomic E-state index is 11.8. The third kappa shape index (κ3) is 7.81. The Morgan fingerprint density at radius 2 is 1.26 bits per heavy atom. The summed E-state index contributed by atoms with van der Waals surface area (Å²) in [4.78, 5) is 17.5. The molecule has 6 aromatic rings. The number of nitriles is 1. The van der Waals surface area contributed by atoms with Gasteiger partial charge in [-0.2, -0.15) is 5.26 Å². The number of aromatic nitrogens is 1. The van der Waals surface area contributed by atoms with Crippen molar-refractivity contribution < 1.29 is 9.90 Å². The summed E-state index contributed by atoms with van der Waals surface area (Å²) in [5.74, 6) is 5.98. The fraction of sp³-hybridized carbons (Fsp3) is 0.348. The molecule has 0 amide bonds. The predicted octanol–water partition coefficient (Wildman–Crippen LogP) is 12.6. The molecule has 1 aliphatic rings. The summed E-state index contributed by atoms with van der Waals surface area (Å²) in [6.07, 6.45) is 16.8. The lowest BCUT2D eigenvalue weighted by atomic mass is 10.1. The molecule has 54 heavy (non-hydrogen) atoms. The van der Waals surface area contributed by atoms with E-state index < -0.39 is 14.0 Å². The number of hydrogen-bond acceptors (Lipinski definition) is 5. The maximum atomic E-state index is 11.8. The summed E-state index contributed by atoms with van der Waals surface area (Å²) < 4.78 is 2.36. The van der Waals surface area contributed by atoms with Gasteiger partial charge >= 0.3 is 5.97 Å². The van der Waals surface area contributed by atoms with Crippen molar-refractivity contribution in [2.24, 2.45) is 0 Å². The van der Waals surface area contributed by atoms with Crippen LogP contribution in [0.3, 0.4) is 0 Å². The summed E-state index contributed by atoms with van der Waals surface area (Å²) >= 11 is 5.21. The van der Waals surface area contributed by atoms with Crippen LogP contribution in [-0.2, 0) is 4.79 Å². The molecule has 7 rings (SSSR count). The highest BCUT2D eigenvalue weighted by molar-refractivity contribution is 7.29. The average Bonchev–Trinajstić information content (AvgIpc) is 4.01. The highest BCUT2D eigenvalue weighted by atomic mass is 32.1. The SMILES string of the molecule is CCCCCCCC[Si]1(CCCCCCCC)c2cc(C#Cc3ccc(-n4c5ccccc5c5ccccc54)s3)sc2-c2sc(/C=C(/C#N)C(=O)O)cc21. The molecule has 1 N–H and O–H groups in total. The van der Waals surface area contributed by atoms with Crippen LogP contribution >= 0.6 is 34.0 Å². The molecule has 0 radical (unpaired) electrons. The number of thiophene rings is 3. The molecule has 276 valence electrons. The van der Waals surface area contributed by atoms with Crippen LogP contribution in [0.5, 0.6) is 0 Å². The van der Waals surface area contributed by atoms with Gasteiger partial charge < -0.3 is 9.67 Å². The normalized spacial score (nSPS) is 13.2. The van der Waals surface area contributed by atoms with E-state index in [1.165, 1.54) is 126 Å². The van der Waals surface area contributed by atoms with Crippen molar-refractivity contribution in [3.05, 3.63) is 93.0 Å². The topological polar surface area (TPSA) is 66.0 Å². The Balaban J connectivity index is 1.24. The van der Waals surface area contributed by atoms with Gasteiger partial charge in [0.25, 0.3) is 0 Å². The molecule has 0 unspecified atom stereocenters. The summed E-state index contributed by atoms with van der Waals surface area (Å²) in [5.41, 5.74) is 2.21. The van der Waals surface area contributed by atoms with Crippen LogP contribution < -0.4 is 10.4 Å². The molecular weight excluding hydrogens is 737 g/mol. The van der Waals surface area contributed by atoms with Crippen LogP contribution in [0.4, 0.5) is 0 Å². The van der Waals surface area contributed by atoms with E-state index in [9.17, 15) is 15.2 Å². The number of carboxylic acids is 1. The molecule has 0 atom stereocenters. The minimum atomic E-state index is -2.16. The Kier molecular flexibility index (Phi) is 12.4. The van der Waals surface area contributed by atoms with Crippen molar-refractivity contribution in [2.75, 3.05) is 0 Å². The second-order valence-electron chi connectivity index (χ2n) is 14.6. The van der Waals surface area contributed by atoms with Crippen LogP contribution in [-0.4, -0.2) is 23.7 Å². The zero-order chi connectivity index (χ0) is 37.5. The van der Waals surface area contributed by atoms with Crippen molar-refractivity contribution in [2.45, 2.75) is 103 Å². The van der Waals surface area contributed by atoms with Gasteiger partial charge in [0.2, 0.25) is 0 Å². The molecule has 4 nitrogen and oxygen atoms in total. The second-order valence-corrected chi connectivity index (χ2v) is 22.0. The van der Waals surface area contributed by atoms with Gasteiger partial charge in [-0.25, -0.2) is 4.79 Å². The first-order chi connectivity index (χ1) is 26.5. The van der Waals surface area contributed by atoms with Crippen molar-refractivity contribution in [1.82, 2.24) is 4.57 Å². The number of hydrogen-bond donors (Lipinski definition) is 1. The fourth-order valence-electron chi connectivity index (χ4n) is 8.29. The van der Waals surface area contributed by atoms with E-state index in [1.54, 1.807) is 33.9 Å². The van der Waals surface area contributed by atoms with Crippen molar-refractivity contribution >= 4 is 86.3 Å². The largest absolute Gasteiger partial charge is 0.477 e. The van der Waals surface area contributed by atoms with E-state index in [4.69, 9.17) is 0 Å². The second kappa shape index (κ2) is 17.5. The Morgan fingerprint density at radius 3 is 1.87 bits per heavy atom. The number of carbonyl (C=O) groups is 1. The molecule has 0 spiro atoms. The molecule has 0 aliphatic carbocycles. The first-order valence-electron chi connectivity index (χ1n) is 19.7. The minimum Gasteiger partial charge on any atom is -0.477 e. The van der Waals surface area contributed by atoms with E-state index >= 15 is 0 Å². The Labute approximate surface area is 332 Å². The highest BCUT2D eigenvalue weighted by Crippen LogP contribution is 2.44. The van der Waals surface area contributed by atoms with Gasteiger partial charge in [-0.05, 0) is 76.8 Å². The smallest absolute Gasteiger partial charge is 0.346 e. The van der Waals surface area contributed by atoms with E-state index in [1.807, 2.05) is 17.4 Å². The van der Waals surface area contributed by atoms with E-state index in [0.717, 1.165) is 19.6 Å². The molecule has 0 fully saturated rings. The third-order valence-corrected chi connectivity index (χ3v) is 19.9. The first kappa shape index (κ1) is 38.1. The number of unbranched alkanes of at least 4 members (excludes halogenated alkanes) is 10. The molecule has 1 aliphatic heterocycles. The third-order valence-electron chi connectivity index (χ3n) is 11.0. The Hall–Kier alpha value is -4.18. The number of benzene rings is 2. The maximum Gasteiger partial charge on any atom is 0.346 e. The lowest BCUT2D eigenvalue weighted by Gasteiger charge is -2.29. The molecular formula is C46H48N2O2S3Si. The van der Waals surface area contributed by atoms with Crippen LogP contribution in [0.2, 0.25) is 12.1 Å². The number of para-hydroxylation sites is 2. The van der Waals surface area contributed by atoms with Gasteiger partial charge in [-0.15, -0.1) is 34.0 Å². The van der Waals surface area contributed by atoms with Gasteiger partial charge in [0, 0.05) is 25.4 Å². The van der Waals surface area contributed by atoms with E-state index in [-0.39, 0.29) is 5.57 Å². The van der Waals surface area contributed by atoms with E-state index in [0.29, 0.717) is 0 Å². The van der Waals surface area contributed by atoms with Gasteiger partial charge in [-0.1, -0.05) is 127 Å². The van der Waals surface area contributed by atoms with Gasteiger partial charge in [0.05, 0.1) is 20.8 Å². The van der Waals surface area contributed by atoms with Crippen LogP contribution in [0.25, 0.3) is 42.6 Å². The first-order valence-corrected chi connectivity index (χ1v) is 24.6. The average molecular weight is 785 g/mol. The zero-order valence-corrected chi connectivity index (χ0v) is 34.8. The highest BCUT2D eigenvalue weighted by Gasteiger charge is 2.47. The van der Waals surface area contributed by atoms with Crippen LogP contribution in [0.1, 0.15) is 106 Å². The summed E-state index contributed by atoms with van der Waals surface area (Å²) in [6.45, 7) is 4.55. The predicted molar refractivity (Wildman–Crippen MR) is 235 cm³/mol. The van der Waals surface area contributed by atoms with Crippen molar-refractivity contribution in [3.8, 4) is 32.7 Å². The molecule has 8 heteroatoms. The molecule has 5 heterocycles.